The fourth-order valence-electron chi connectivity index (χ4n) is 3.91. The Morgan fingerprint density at radius 2 is 0.967 bits per heavy atom. The molecule has 0 bridgehead atoms. The van der Waals surface area contributed by atoms with Gasteiger partial charge in [-0.2, -0.15) is 0 Å². The third kappa shape index (κ3) is 4.36. The van der Waals surface area contributed by atoms with Crippen LogP contribution < -0.4 is 4.74 Å². The van der Waals surface area contributed by atoms with Crippen LogP contribution in [0.3, 0.4) is 0 Å². The molecule has 158 valence electrons. The minimum absolute atomic E-state index is 0.0478. The highest BCUT2D eigenvalue weighted by molar-refractivity contribution is 5.54. The van der Waals surface area contributed by atoms with Gasteiger partial charge in [-0.05, 0) is 49.1 Å². The first-order valence-electron chi connectivity index (χ1n) is 9.83. The zero-order valence-electron chi connectivity index (χ0n) is 17.8. The summed E-state index contributed by atoms with van der Waals surface area (Å²) in [7, 11) is 1.51. The number of hydrogen-bond donors (Lipinski definition) is 4. The standard InChI is InChI=1S/C25H28O5/c1-14-5-17(11-19-7-15(2)9-21(13-26)24(19)28)23(27)18(6-14)12-20-8-16(3)10-22(30-4)25(20)29/h5-10,26-29H,11-13H2,1-4H3. The molecule has 0 amide bonds. The summed E-state index contributed by atoms with van der Waals surface area (Å²) < 4.78 is 5.25. The Kier molecular flexibility index (Phi) is 6.22. The van der Waals surface area contributed by atoms with Crippen LogP contribution >= 0.6 is 0 Å². The molecule has 0 aromatic heterocycles. The summed E-state index contributed by atoms with van der Waals surface area (Å²) in [6.07, 6.45) is 0.663. The number of benzene rings is 3. The quantitative estimate of drug-likeness (QED) is 0.485. The van der Waals surface area contributed by atoms with Gasteiger partial charge in [0.15, 0.2) is 11.5 Å². The molecule has 0 spiro atoms. The van der Waals surface area contributed by atoms with Gasteiger partial charge in [-0.25, -0.2) is 0 Å². The molecule has 0 unspecified atom stereocenters. The largest absolute Gasteiger partial charge is 0.507 e. The molecule has 0 saturated heterocycles. The van der Waals surface area contributed by atoms with Crippen LogP contribution in [-0.2, 0) is 19.4 Å². The summed E-state index contributed by atoms with van der Waals surface area (Å²) in [6, 6.07) is 11.0. The molecule has 0 heterocycles. The van der Waals surface area contributed by atoms with E-state index in [0.717, 1.165) is 16.7 Å². The SMILES string of the molecule is COc1cc(C)cc(Cc2cc(C)cc(Cc3cc(C)cc(CO)c3O)c2O)c1O. The van der Waals surface area contributed by atoms with Crippen molar-refractivity contribution >= 4 is 0 Å². The van der Waals surface area contributed by atoms with E-state index < -0.39 is 0 Å². The molecular weight excluding hydrogens is 380 g/mol. The Hall–Kier alpha value is -3.18. The molecule has 5 nitrogen and oxygen atoms in total. The summed E-state index contributed by atoms with van der Waals surface area (Å²) in [6.45, 7) is 5.52. The van der Waals surface area contributed by atoms with Gasteiger partial charge in [-0.15, -0.1) is 0 Å². The molecular formula is C25H28O5. The normalized spacial score (nSPS) is 11.0. The van der Waals surface area contributed by atoms with Crippen LogP contribution in [-0.4, -0.2) is 27.5 Å². The Bertz CT molecular complexity index is 1000. The smallest absolute Gasteiger partial charge is 0.161 e. The van der Waals surface area contributed by atoms with Crippen LogP contribution in [0.1, 0.15) is 44.5 Å². The lowest BCUT2D eigenvalue weighted by atomic mass is 9.93. The lowest BCUT2D eigenvalue weighted by Gasteiger charge is -2.16. The van der Waals surface area contributed by atoms with Crippen molar-refractivity contribution < 1.29 is 25.2 Å². The van der Waals surface area contributed by atoms with Crippen LogP contribution in [0.4, 0.5) is 0 Å². The van der Waals surface area contributed by atoms with Crippen LogP contribution in [0.2, 0.25) is 0 Å². The number of rotatable bonds is 6. The van der Waals surface area contributed by atoms with Crippen molar-refractivity contribution in [2.45, 2.75) is 40.2 Å². The molecule has 3 aromatic rings. The Morgan fingerprint density at radius 1 is 0.600 bits per heavy atom. The van der Waals surface area contributed by atoms with Crippen molar-refractivity contribution in [1.82, 2.24) is 0 Å². The zero-order valence-corrected chi connectivity index (χ0v) is 17.8. The first kappa shape index (κ1) is 21.5. The van der Waals surface area contributed by atoms with Crippen molar-refractivity contribution in [3.63, 3.8) is 0 Å². The molecule has 3 rings (SSSR count). The summed E-state index contributed by atoms with van der Waals surface area (Å²) in [4.78, 5) is 0. The molecule has 0 aliphatic carbocycles. The number of aliphatic hydroxyl groups excluding tert-OH is 1. The topological polar surface area (TPSA) is 90.2 Å². The summed E-state index contributed by atoms with van der Waals surface area (Å²) in [5, 5.41) is 41.4. The Morgan fingerprint density at radius 3 is 1.40 bits per heavy atom. The van der Waals surface area contributed by atoms with E-state index in [1.807, 2.05) is 45.0 Å². The van der Waals surface area contributed by atoms with E-state index in [-0.39, 0.29) is 23.9 Å². The summed E-state index contributed by atoms with van der Waals surface area (Å²) in [5.74, 6) is 0.645. The van der Waals surface area contributed by atoms with Gasteiger partial charge in [-0.1, -0.05) is 41.5 Å². The number of ether oxygens (including phenoxy) is 1. The second-order valence-electron chi connectivity index (χ2n) is 7.85. The van der Waals surface area contributed by atoms with Crippen molar-refractivity contribution in [1.29, 1.82) is 0 Å². The molecule has 30 heavy (non-hydrogen) atoms. The second kappa shape index (κ2) is 8.67. The van der Waals surface area contributed by atoms with E-state index in [1.165, 1.54) is 7.11 Å². The van der Waals surface area contributed by atoms with Crippen molar-refractivity contribution in [2.24, 2.45) is 0 Å². The van der Waals surface area contributed by atoms with E-state index in [9.17, 15) is 20.4 Å². The van der Waals surface area contributed by atoms with Crippen molar-refractivity contribution in [3.8, 4) is 23.0 Å². The summed E-state index contributed by atoms with van der Waals surface area (Å²) in [5.41, 5.74) is 5.98. The molecule has 0 atom stereocenters. The van der Waals surface area contributed by atoms with Gasteiger partial charge >= 0.3 is 0 Å². The molecule has 0 radical (unpaired) electrons. The Labute approximate surface area is 176 Å². The number of aryl methyl sites for hydroxylation is 3. The maximum atomic E-state index is 11.0. The highest BCUT2D eigenvalue weighted by atomic mass is 16.5. The van der Waals surface area contributed by atoms with E-state index in [4.69, 9.17) is 4.74 Å². The van der Waals surface area contributed by atoms with Gasteiger partial charge in [0.1, 0.15) is 11.5 Å². The molecule has 4 N–H and O–H groups in total. The first-order chi connectivity index (χ1) is 14.2. The van der Waals surface area contributed by atoms with Gasteiger partial charge in [0.2, 0.25) is 0 Å². The van der Waals surface area contributed by atoms with Crippen LogP contribution in [0.25, 0.3) is 0 Å². The number of methoxy groups -OCH3 is 1. The van der Waals surface area contributed by atoms with Gasteiger partial charge in [0.05, 0.1) is 13.7 Å². The number of aliphatic hydroxyl groups is 1. The predicted molar refractivity (Wildman–Crippen MR) is 117 cm³/mol. The first-order valence-corrected chi connectivity index (χ1v) is 9.83. The highest BCUT2D eigenvalue weighted by Gasteiger charge is 2.17. The molecule has 3 aromatic carbocycles. The van der Waals surface area contributed by atoms with Crippen molar-refractivity contribution in [3.05, 3.63) is 80.9 Å². The van der Waals surface area contributed by atoms with E-state index in [0.29, 0.717) is 46.4 Å². The molecule has 0 saturated carbocycles. The average molecular weight is 408 g/mol. The Balaban J connectivity index is 2.02. The number of phenols is 3. The van der Waals surface area contributed by atoms with E-state index in [2.05, 4.69) is 0 Å². The minimum Gasteiger partial charge on any atom is -0.507 e. The maximum Gasteiger partial charge on any atom is 0.161 e. The fourth-order valence-corrected chi connectivity index (χ4v) is 3.91. The number of hydrogen-bond acceptors (Lipinski definition) is 5. The van der Waals surface area contributed by atoms with Gasteiger partial charge in [0.25, 0.3) is 0 Å². The van der Waals surface area contributed by atoms with Crippen molar-refractivity contribution in [2.75, 3.05) is 7.11 Å². The van der Waals surface area contributed by atoms with Gasteiger partial charge in [0, 0.05) is 24.0 Å². The zero-order chi connectivity index (χ0) is 22.0. The fraction of sp³-hybridized carbons (Fsp3) is 0.280. The third-order valence-corrected chi connectivity index (χ3v) is 5.27. The molecule has 5 heteroatoms. The lowest BCUT2D eigenvalue weighted by Crippen LogP contribution is -1.99. The predicted octanol–water partition coefficient (Wildman–Crippen LogP) is 4.41. The van der Waals surface area contributed by atoms with E-state index in [1.54, 1.807) is 12.1 Å². The maximum absolute atomic E-state index is 11.0. The van der Waals surface area contributed by atoms with Crippen LogP contribution in [0.5, 0.6) is 23.0 Å². The van der Waals surface area contributed by atoms with Gasteiger partial charge in [-0.3, -0.25) is 0 Å². The molecule has 0 aliphatic rings. The molecule has 0 aliphatic heterocycles. The minimum atomic E-state index is -0.250. The molecule has 0 fully saturated rings. The third-order valence-electron chi connectivity index (χ3n) is 5.27. The monoisotopic (exact) mass is 408 g/mol. The summed E-state index contributed by atoms with van der Waals surface area (Å²) >= 11 is 0. The number of phenolic OH excluding ortho intramolecular Hbond substituents is 2. The van der Waals surface area contributed by atoms with Gasteiger partial charge < -0.3 is 25.2 Å². The lowest BCUT2D eigenvalue weighted by molar-refractivity contribution is 0.275. The van der Waals surface area contributed by atoms with E-state index >= 15 is 0 Å². The number of aromatic hydroxyl groups is 3. The highest BCUT2D eigenvalue weighted by Crippen LogP contribution is 2.37. The van der Waals surface area contributed by atoms with Crippen LogP contribution in [0.15, 0.2) is 36.4 Å². The second-order valence-corrected chi connectivity index (χ2v) is 7.85. The average Bonchev–Trinajstić information content (AvgIpc) is 2.70. The van der Waals surface area contributed by atoms with Crippen LogP contribution in [0, 0.1) is 20.8 Å².